The minimum Gasteiger partial charge on any atom is -0.454 e. The number of aryl methyl sites for hydroxylation is 1. The number of ether oxygens (including phenoxy) is 2. The third-order valence-electron chi connectivity index (χ3n) is 5.53. The van der Waals surface area contributed by atoms with Crippen molar-refractivity contribution in [3.63, 3.8) is 0 Å². The lowest BCUT2D eigenvalue weighted by molar-refractivity contribution is 0.174. The van der Waals surface area contributed by atoms with Crippen LogP contribution in [0.3, 0.4) is 0 Å². The number of thioether (sulfide) groups is 1. The molecule has 146 valence electrons. The first-order chi connectivity index (χ1) is 13.7. The predicted octanol–water partition coefficient (Wildman–Crippen LogP) is 4.04. The van der Waals surface area contributed by atoms with Crippen molar-refractivity contribution in [2.45, 2.75) is 18.9 Å². The van der Waals surface area contributed by atoms with Crippen LogP contribution in [0.5, 0.6) is 11.5 Å². The topological polar surface area (TPSA) is 37.3 Å². The van der Waals surface area contributed by atoms with Crippen LogP contribution in [-0.4, -0.2) is 48.8 Å². The highest BCUT2D eigenvalue weighted by Gasteiger charge is 2.35. The molecule has 5 rings (SSSR count). The zero-order valence-corrected chi connectivity index (χ0v) is 16.5. The van der Waals surface area contributed by atoms with Crippen molar-refractivity contribution in [3.8, 4) is 11.5 Å². The molecule has 1 saturated heterocycles. The molecule has 0 spiro atoms. The molecular formula is C21H22FN3O2S. The van der Waals surface area contributed by atoms with Crippen LogP contribution in [0.1, 0.15) is 12.0 Å². The summed E-state index contributed by atoms with van der Waals surface area (Å²) in [5, 5.41) is 1.01. The summed E-state index contributed by atoms with van der Waals surface area (Å²) in [4.78, 5) is 9.56. The number of amidine groups is 1. The zero-order valence-electron chi connectivity index (χ0n) is 15.7. The molecule has 1 fully saturated rings. The molecule has 3 aliphatic heterocycles. The van der Waals surface area contributed by atoms with Gasteiger partial charge in [-0.15, -0.1) is 0 Å². The van der Waals surface area contributed by atoms with Gasteiger partial charge in [0.1, 0.15) is 5.82 Å². The Kier molecular flexibility index (Phi) is 4.55. The first-order valence-corrected chi connectivity index (χ1v) is 10.8. The smallest absolute Gasteiger partial charge is 0.231 e. The van der Waals surface area contributed by atoms with Gasteiger partial charge in [-0.05, 0) is 55.0 Å². The highest BCUT2D eigenvalue weighted by molar-refractivity contribution is 8.13. The Morgan fingerprint density at radius 3 is 2.86 bits per heavy atom. The number of rotatable bonds is 2. The normalized spacial score (nSPS) is 18.9. The lowest BCUT2D eigenvalue weighted by atomic mass is 9.97. The van der Waals surface area contributed by atoms with Crippen molar-refractivity contribution in [3.05, 3.63) is 47.8 Å². The van der Waals surface area contributed by atoms with Crippen LogP contribution in [0.25, 0.3) is 0 Å². The van der Waals surface area contributed by atoms with Crippen LogP contribution in [0.2, 0.25) is 0 Å². The molecule has 0 radical (unpaired) electrons. The molecule has 7 heteroatoms. The van der Waals surface area contributed by atoms with Gasteiger partial charge in [0.25, 0.3) is 0 Å². The molecule has 3 heterocycles. The van der Waals surface area contributed by atoms with E-state index in [0.717, 1.165) is 60.4 Å². The van der Waals surface area contributed by atoms with E-state index < -0.39 is 0 Å². The van der Waals surface area contributed by atoms with Crippen LogP contribution >= 0.6 is 11.8 Å². The standard InChI is InChI=1S/C21H22FN3O2S/c1-28-21(23-16-5-7-19-20(10-16)27-13-26-19)24-11-17(12-24)25-8-2-3-14-9-15(22)4-6-18(14)25/h4-7,9-10,17H,2-3,8,11-13H2,1H3. The third kappa shape index (κ3) is 3.17. The number of benzene rings is 2. The summed E-state index contributed by atoms with van der Waals surface area (Å²) in [6.07, 6.45) is 4.09. The van der Waals surface area contributed by atoms with Gasteiger partial charge < -0.3 is 19.3 Å². The van der Waals surface area contributed by atoms with Gasteiger partial charge in [0.15, 0.2) is 16.7 Å². The average molecular weight is 399 g/mol. The van der Waals surface area contributed by atoms with Gasteiger partial charge in [0, 0.05) is 31.4 Å². The maximum absolute atomic E-state index is 13.6. The summed E-state index contributed by atoms with van der Waals surface area (Å²) in [5.74, 6) is 1.38. The highest BCUT2D eigenvalue weighted by atomic mass is 32.2. The van der Waals surface area contributed by atoms with Crippen LogP contribution in [0, 0.1) is 5.82 Å². The second-order valence-electron chi connectivity index (χ2n) is 7.26. The monoisotopic (exact) mass is 399 g/mol. The van der Waals surface area contributed by atoms with Gasteiger partial charge in [-0.3, -0.25) is 0 Å². The molecular weight excluding hydrogens is 377 g/mol. The Balaban J connectivity index is 1.30. The van der Waals surface area contributed by atoms with Crippen LogP contribution in [0.15, 0.2) is 41.4 Å². The van der Waals surface area contributed by atoms with Crippen molar-refractivity contribution >= 4 is 28.3 Å². The summed E-state index contributed by atoms with van der Waals surface area (Å²) in [6, 6.07) is 11.4. The quantitative estimate of drug-likeness (QED) is 0.563. The molecule has 0 N–H and O–H groups in total. The number of hydrogen-bond donors (Lipinski definition) is 0. The van der Waals surface area contributed by atoms with Gasteiger partial charge in [-0.1, -0.05) is 11.8 Å². The van der Waals surface area contributed by atoms with Crippen molar-refractivity contribution < 1.29 is 13.9 Å². The molecule has 0 aliphatic carbocycles. The van der Waals surface area contributed by atoms with E-state index in [1.54, 1.807) is 23.9 Å². The first-order valence-electron chi connectivity index (χ1n) is 9.53. The molecule has 3 aliphatic rings. The molecule has 5 nitrogen and oxygen atoms in total. The van der Waals surface area contributed by atoms with Crippen molar-refractivity contribution in [1.82, 2.24) is 4.90 Å². The fraction of sp³-hybridized carbons (Fsp3) is 0.381. The van der Waals surface area contributed by atoms with Crippen molar-refractivity contribution in [2.75, 3.05) is 37.6 Å². The number of anilines is 1. The van der Waals surface area contributed by atoms with Gasteiger partial charge in [0.2, 0.25) is 6.79 Å². The van der Waals surface area contributed by atoms with E-state index in [0.29, 0.717) is 6.04 Å². The third-order valence-corrected chi connectivity index (χ3v) is 6.25. The van der Waals surface area contributed by atoms with Crippen LogP contribution < -0.4 is 14.4 Å². The SMILES string of the molecule is CSC(=Nc1ccc2c(c1)OCO2)N1CC(N2CCCc3cc(F)ccc32)C1. The van der Waals surface area contributed by atoms with E-state index in [1.807, 2.05) is 24.3 Å². The summed E-state index contributed by atoms with van der Waals surface area (Å²) in [7, 11) is 0. The summed E-state index contributed by atoms with van der Waals surface area (Å²) in [5.41, 5.74) is 3.19. The highest BCUT2D eigenvalue weighted by Crippen LogP contribution is 2.36. The van der Waals surface area contributed by atoms with Crippen LogP contribution in [0.4, 0.5) is 15.8 Å². The molecule has 0 aromatic heterocycles. The minimum absolute atomic E-state index is 0.142. The summed E-state index contributed by atoms with van der Waals surface area (Å²) in [6.45, 7) is 3.17. The average Bonchev–Trinajstić information content (AvgIpc) is 3.13. The second kappa shape index (κ2) is 7.20. The Hall–Kier alpha value is -2.41. The molecule has 2 aromatic rings. The van der Waals surface area contributed by atoms with Gasteiger partial charge >= 0.3 is 0 Å². The largest absolute Gasteiger partial charge is 0.454 e. The molecule has 0 bridgehead atoms. The molecule has 0 saturated carbocycles. The number of fused-ring (bicyclic) bond motifs is 2. The maximum Gasteiger partial charge on any atom is 0.231 e. The molecule has 28 heavy (non-hydrogen) atoms. The fourth-order valence-electron chi connectivity index (χ4n) is 4.09. The van der Waals surface area contributed by atoms with Crippen molar-refractivity contribution in [2.24, 2.45) is 4.99 Å². The van der Waals surface area contributed by atoms with E-state index in [9.17, 15) is 4.39 Å². The zero-order chi connectivity index (χ0) is 19.1. The lowest BCUT2D eigenvalue weighted by Crippen LogP contribution is -2.61. The second-order valence-corrected chi connectivity index (χ2v) is 8.04. The van der Waals surface area contributed by atoms with Gasteiger partial charge in [0.05, 0.1) is 11.7 Å². The maximum atomic E-state index is 13.6. The van der Waals surface area contributed by atoms with E-state index in [-0.39, 0.29) is 12.6 Å². The lowest BCUT2D eigenvalue weighted by Gasteiger charge is -2.49. The molecule has 0 atom stereocenters. The predicted molar refractivity (Wildman–Crippen MR) is 111 cm³/mol. The molecule has 2 aromatic carbocycles. The van der Waals surface area contributed by atoms with E-state index in [4.69, 9.17) is 14.5 Å². The van der Waals surface area contributed by atoms with E-state index >= 15 is 0 Å². The first kappa shape index (κ1) is 17.7. The number of hydrogen-bond acceptors (Lipinski definition) is 5. The van der Waals surface area contributed by atoms with Gasteiger partial charge in [-0.25, -0.2) is 9.38 Å². The molecule has 0 amide bonds. The number of likely N-dealkylation sites (tertiary alicyclic amines) is 1. The van der Waals surface area contributed by atoms with Crippen LogP contribution in [-0.2, 0) is 6.42 Å². The Labute approximate surface area is 168 Å². The number of nitrogens with zero attached hydrogens (tertiary/aromatic N) is 3. The Morgan fingerprint density at radius 1 is 1.14 bits per heavy atom. The van der Waals surface area contributed by atoms with E-state index in [2.05, 4.69) is 16.1 Å². The van der Waals surface area contributed by atoms with E-state index in [1.165, 1.54) is 5.69 Å². The fourth-order valence-corrected chi connectivity index (χ4v) is 4.70. The Bertz CT molecular complexity index is 930. The minimum atomic E-state index is -0.142. The molecule has 0 unspecified atom stereocenters. The Morgan fingerprint density at radius 2 is 2.00 bits per heavy atom. The van der Waals surface area contributed by atoms with Crippen molar-refractivity contribution in [1.29, 1.82) is 0 Å². The number of halogens is 1. The summed E-state index contributed by atoms with van der Waals surface area (Å²) < 4.78 is 24.4. The number of aliphatic imine (C=N–C) groups is 1. The van der Waals surface area contributed by atoms with Gasteiger partial charge in [-0.2, -0.15) is 0 Å². The summed E-state index contributed by atoms with van der Waals surface area (Å²) >= 11 is 1.65.